The van der Waals surface area contributed by atoms with Crippen molar-refractivity contribution in [3.05, 3.63) is 22.4 Å². The topological polar surface area (TPSA) is 30.5 Å². The van der Waals surface area contributed by atoms with Gasteiger partial charge in [0.25, 0.3) is 0 Å². The van der Waals surface area contributed by atoms with Crippen molar-refractivity contribution < 1.29 is 9.47 Å². The Morgan fingerprint density at radius 1 is 1.25 bits per heavy atom. The number of nitrogens with one attached hydrogen (secondary N) is 1. The molecule has 3 rings (SSSR count). The summed E-state index contributed by atoms with van der Waals surface area (Å²) in [5, 5.41) is 5.98. The predicted octanol–water partition coefficient (Wildman–Crippen LogP) is 3.72. The molecule has 1 aliphatic carbocycles. The molecule has 112 valence electrons. The molecular formula is C16H25NO2S. The maximum Gasteiger partial charge on any atom is 0.162 e. The van der Waals surface area contributed by atoms with Crippen LogP contribution in [0.5, 0.6) is 0 Å². The van der Waals surface area contributed by atoms with Gasteiger partial charge in [-0.1, -0.05) is 18.9 Å². The van der Waals surface area contributed by atoms with Crippen LogP contribution in [0.2, 0.25) is 0 Å². The minimum atomic E-state index is -0.427. The van der Waals surface area contributed by atoms with E-state index in [1.54, 1.807) is 0 Å². The molecule has 2 aliphatic rings. The molecular weight excluding hydrogens is 270 g/mol. The van der Waals surface area contributed by atoms with Crippen LogP contribution >= 0.6 is 11.3 Å². The van der Waals surface area contributed by atoms with Gasteiger partial charge in [-0.15, -0.1) is 11.3 Å². The van der Waals surface area contributed by atoms with E-state index in [1.165, 1.54) is 30.6 Å². The lowest BCUT2D eigenvalue weighted by Gasteiger charge is -2.37. The summed E-state index contributed by atoms with van der Waals surface area (Å²) >= 11 is 1.86. The highest BCUT2D eigenvalue weighted by Gasteiger charge is 2.33. The average molecular weight is 295 g/mol. The van der Waals surface area contributed by atoms with Gasteiger partial charge in [0.1, 0.15) is 0 Å². The highest BCUT2D eigenvalue weighted by atomic mass is 32.1. The zero-order chi connectivity index (χ0) is 14.0. The Morgan fingerprint density at radius 2 is 1.95 bits per heavy atom. The normalized spacial score (nSPS) is 25.9. The summed E-state index contributed by atoms with van der Waals surface area (Å²) in [4.78, 5) is 1.46. The number of ether oxygens (including phenoxy) is 2. The number of hydrogen-bond acceptors (Lipinski definition) is 4. The molecule has 1 N–H and O–H groups in total. The summed E-state index contributed by atoms with van der Waals surface area (Å²) in [5.74, 6) is 0.341. The lowest BCUT2D eigenvalue weighted by Crippen LogP contribution is -2.50. The van der Waals surface area contributed by atoms with Crippen LogP contribution in [0.25, 0.3) is 0 Å². The molecule has 1 unspecified atom stereocenters. The van der Waals surface area contributed by atoms with Crippen molar-refractivity contribution in [1.29, 1.82) is 0 Å². The molecule has 2 heterocycles. The van der Waals surface area contributed by atoms with Crippen molar-refractivity contribution in [3.8, 4) is 0 Å². The zero-order valence-electron chi connectivity index (χ0n) is 12.4. The van der Waals surface area contributed by atoms with Crippen molar-refractivity contribution in [2.24, 2.45) is 5.92 Å². The standard InChI is InChI=1S/C16H25NO2S/c1-16(2)18-10-13(11-19-16)17-15(12-6-3-4-7-12)14-8-5-9-20-14/h5,8-9,12-13,15,17H,3-4,6-7,10-11H2,1-2H3. The number of thiophene rings is 1. The first-order valence-electron chi connectivity index (χ1n) is 7.71. The molecule has 20 heavy (non-hydrogen) atoms. The highest BCUT2D eigenvalue weighted by molar-refractivity contribution is 7.10. The summed E-state index contributed by atoms with van der Waals surface area (Å²) < 4.78 is 11.6. The van der Waals surface area contributed by atoms with E-state index < -0.39 is 5.79 Å². The Labute approximate surface area is 125 Å². The van der Waals surface area contributed by atoms with Crippen molar-refractivity contribution >= 4 is 11.3 Å². The maximum atomic E-state index is 5.78. The van der Waals surface area contributed by atoms with E-state index in [4.69, 9.17) is 9.47 Å². The summed E-state index contributed by atoms with van der Waals surface area (Å²) in [5.41, 5.74) is 0. The van der Waals surface area contributed by atoms with E-state index >= 15 is 0 Å². The van der Waals surface area contributed by atoms with E-state index in [2.05, 4.69) is 22.8 Å². The van der Waals surface area contributed by atoms with Crippen LogP contribution in [0, 0.1) is 5.92 Å². The fourth-order valence-corrected chi connectivity index (χ4v) is 4.13. The van der Waals surface area contributed by atoms with Crippen molar-refractivity contribution in [2.45, 2.75) is 57.4 Å². The van der Waals surface area contributed by atoms with Crippen molar-refractivity contribution in [1.82, 2.24) is 5.32 Å². The molecule has 0 bridgehead atoms. The van der Waals surface area contributed by atoms with Crippen LogP contribution in [0.1, 0.15) is 50.4 Å². The van der Waals surface area contributed by atoms with Gasteiger partial charge in [0.15, 0.2) is 5.79 Å². The Balaban J connectivity index is 1.65. The summed E-state index contributed by atoms with van der Waals surface area (Å²) in [6.07, 6.45) is 5.43. The second-order valence-electron chi connectivity index (χ2n) is 6.42. The molecule has 1 aromatic rings. The number of rotatable bonds is 4. The maximum absolute atomic E-state index is 5.78. The van der Waals surface area contributed by atoms with E-state index in [9.17, 15) is 0 Å². The third kappa shape index (κ3) is 3.42. The van der Waals surface area contributed by atoms with Crippen LogP contribution in [-0.4, -0.2) is 25.0 Å². The lowest BCUT2D eigenvalue weighted by atomic mass is 9.96. The van der Waals surface area contributed by atoms with E-state index in [1.807, 2.05) is 25.2 Å². The molecule has 1 saturated heterocycles. The SMILES string of the molecule is CC1(C)OCC(NC(c2cccs2)C2CCCC2)CO1. The van der Waals surface area contributed by atoms with Crippen LogP contribution in [0.4, 0.5) is 0 Å². The molecule has 0 aromatic carbocycles. The molecule has 2 fully saturated rings. The first kappa shape index (κ1) is 14.5. The second-order valence-corrected chi connectivity index (χ2v) is 7.40. The third-order valence-corrected chi connectivity index (χ3v) is 5.36. The van der Waals surface area contributed by atoms with Crippen LogP contribution in [-0.2, 0) is 9.47 Å². The molecule has 0 radical (unpaired) electrons. The second kappa shape index (κ2) is 6.14. The summed E-state index contributed by atoms with van der Waals surface area (Å²) in [6, 6.07) is 5.18. The summed E-state index contributed by atoms with van der Waals surface area (Å²) in [6.45, 7) is 5.44. The Bertz CT molecular complexity index is 402. The zero-order valence-corrected chi connectivity index (χ0v) is 13.2. The largest absolute Gasteiger partial charge is 0.349 e. The molecule has 0 spiro atoms. The van der Waals surface area contributed by atoms with Gasteiger partial charge >= 0.3 is 0 Å². The monoisotopic (exact) mass is 295 g/mol. The fraction of sp³-hybridized carbons (Fsp3) is 0.750. The molecule has 1 atom stereocenters. The van der Waals surface area contributed by atoms with Gasteiger partial charge in [0.05, 0.1) is 19.3 Å². The average Bonchev–Trinajstić information content (AvgIpc) is 3.11. The first-order chi connectivity index (χ1) is 9.64. The molecule has 1 aliphatic heterocycles. The predicted molar refractivity (Wildman–Crippen MR) is 81.9 cm³/mol. The summed E-state index contributed by atoms with van der Waals surface area (Å²) in [7, 11) is 0. The molecule has 0 amide bonds. The minimum Gasteiger partial charge on any atom is -0.349 e. The molecule has 4 heteroatoms. The smallest absolute Gasteiger partial charge is 0.162 e. The first-order valence-corrected chi connectivity index (χ1v) is 8.59. The Hall–Kier alpha value is -0.420. The van der Waals surface area contributed by atoms with Gasteiger partial charge in [-0.05, 0) is 44.1 Å². The van der Waals surface area contributed by atoms with Crippen molar-refractivity contribution in [2.75, 3.05) is 13.2 Å². The molecule has 1 aromatic heterocycles. The Kier molecular flexibility index (Phi) is 4.46. The fourth-order valence-electron chi connectivity index (χ4n) is 3.25. The van der Waals surface area contributed by atoms with Gasteiger partial charge in [-0.3, -0.25) is 0 Å². The third-order valence-electron chi connectivity index (χ3n) is 4.40. The quantitative estimate of drug-likeness (QED) is 0.918. The number of hydrogen-bond donors (Lipinski definition) is 1. The minimum absolute atomic E-state index is 0.302. The highest BCUT2D eigenvalue weighted by Crippen LogP contribution is 2.38. The van der Waals surface area contributed by atoms with Gasteiger partial charge < -0.3 is 14.8 Å². The molecule has 3 nitrogen and oxygen atoms in total. The van der Waals surface area contributed by atoms with E-state index in [0.717, 1.165) is 19.1 Å². The van der Waals surface area contributed by atoms with Crippen LogP contribution < -0.4 is 5.32 Å². The lowest BCUT2D eigenvalue weighted by molar-refractivity contribution is -0.253. The van der Waals surface area contributed by atoms with Crippen LogP contribution in [0.3, 0.4) is 0 Å². The van der Waals surface area contributed by atoms with E-state index in [0.29, 0.717) is 12.1 Å². The Morgan fingerprint density at radius 3 is 2.55 bits per heavy atom. The van der Waals surface area contributed by atoms with Crippen molar-refractivity contribution in [3.63, 3.8) is 0 Å². The van der Waals surface area contributed by atoms with Gasteiger partial charge in [0, 0.05) is 10.9 Å². The van der Waals surface area contributed by atoms with Crippen LogP contribution in [0.15, 0.2) is 17.5 Å². The molecule has 1 saturated carbocycles. The van der Waals surface area contributed by atoms with Gasteiger partial charge in [-0.2, -0.15) is 0 Å². The van der Waals surface area contributed by atoms with E-state index in [-0.39, 0.29) is 0 Å². The van der Waals surface area contributed by atoms with Gasteiger partial charge in [-0.25, -0.2) is 0 Å². The van der Waals surface area contributed by atoms with Gasteiger partial charge in [0.2, 0.25) is 0 Å².